The first-order valence-electron chi connectivity index (χ1n) is 15.4. The fraction of sp³-hybridized carbons (Fsp3) is 0.216. The minimum atomic E-state index is -0.635. The first-order valence-corrected chi connectivity index (χ1v) is 15.4. The fourth-order valence-corrected chi connectivity index (χ4v) is 5.76. The van der Waals surface area contributed by atoms with E-state index in [1.165, 1.54) is 0 Å². The second-order valence-electron chi connectivity index (χ2n) is 11.4. The van der Waals surface area contributed by atoms with E-state index in [9.17, 15) is 9.59 Å². The number of anilines is 2. The summed E-state index contributed by atoms with van der Waals surface area (Å²) in [6, 6.07) is 34.0. The number of amides is 2. The summed E-state index contributed by atoms with van der Waals surface area (Å²) < 4.78 is 5.95. The second kappa shape index (κ2) is 13.9. The van der Waals surface area contributed by atoms with Crippen LogP contribution in [0.25, 0.3) is 10.8 Å². The van der Waals surface area contributed by atoms with Gasteiger partial charge in [0.2, 0.25) is 11.8 Å². The van der Waals surface area contributed by atoms with Gasteiger partial charge in [0.25, 0.3) is 0 Å². The number of aromatic nitrogens is 1. The molecule has 0 aliphatic carbocycles. The number of nitrogens with zero attached hydrogens (tertiary/aromatic N) is 2. The number of para-hydroxylation sites is 1. The molecule has 0 radical (unpaired) electrons. The van der Waals surface area contributed by atoms with E-state index in [2.05, 4.69) is 39.9 Å². The van der Waals surface area contributed by atoms with Gasteiger partial charge >= 0.3 is 0 Å². The lowest BCUT2D eigenvalue weighted by atomic mass is 9.96. The first-order chi connectivity index (χ1) is 22.0. The van der Waals surface area contributed by atoms with Crippen molar-refractivity contribution < 1.29 is 14.3 Å². The number of nitrogens with one attached hydrogen (secondary N) is 2. The number of benzene rings is 4. The maximum absolute atomic E-state index is 14.0. The van der Waals surface area contributed by atoms with Gasteiger partial charge in [-0.3, -0.25) is 9.59 Å². The first kappa shape index (κ1) is 29.7. The van der Waals surface area contributed by atoms with Crippen molar-refractivity contribution in [2.45, 2.75) is 44.3 Å². The molecule has 1 saturated heterocycles. The van der Waals surface area contributed by atoms with Gasteiger partial charge in [0, 0.05) is 25.7 Å². The van der Waals surface area contributed by atoms with Crippen LogP contribution in [0.4, 0.5) is 11.5 Å². The van der Waals surface area contributed by atoms with Gasteiger partial charge in [-0.05, 0) is 77.6 Å². The Hall–Kier alpha value is -5.37. The SMILES string of the molecule is Nc1cccnc1NCCCCC1C(=O)NC(Cc2ccc3ccccc3c2)C(=O)N1Cc1ccc(Oc2ccccc2)cc1. The van der Waals surface area contributed by atoms with Crippen LogP contribution in [0.1, 0.15) is 30.4 Å². The van der Waals surface area contributed by atoms with Crippen LogP contribution in [-0.2, 0) is 22.6 Å². The normalized spacial score (nSPS) is 16.4. The molecule has 1 fully saturated rings. The smallest absolute Gasteiger partial charge is 0.246 e. The summed E-state index contributed by atoms with van der Waals surface area (Å²) in [5, 5.41) is 8.56. The third-order valence-corrected chi connectivity index (χ3v) is 8.12. The van der Waals surface area contributed by atoms with Gasteiger partial charge in [0.1, 0.15) is 29.4 Å². The minimum Gasteiger partial charge on any atom is -0.457 e. The van der Waals surface area contributed by atoms with Gasteiger partial charge in [-0.15, -0.1) is 0 Å². The Balaban J connectivity index is 1.15. The van der Waals surface area contributed by atoms with E-state index < -0.39 is 12.1 Å². The molecule has 228 valence electrons. The van der Waals surface area contributed by atoms with E-state index >= 15 is 0 Å². The number of unbranched alkanes of at least 4 members (excludes halogenated alkanes) is 1. The summed E-state index contributed by atoms with van der Waals surface area (Å²) in [6.07, 6.45) is 4.23. The largest absolute Gasteiger partial charge is 0.457 e. The predicted molar refractivity (Wildman–Crippen MR) is 178 cm³/mol. The Morgan fingerprint density at radius 1 is 0.800 bits per heavy atom. The molecule has 2 unspecified atom stereocenters. The van der Waals surface area contributed by atoms with E-state index in [0.717, 1.165) is 40.5 Å². The van der Waals surface area contributed by atoms with Crippen molar-refractivity contribution in [1.29, 1.82) is 0 Å². The summed E-state index contributed by atoms with van der Waals surface area (Å²) >= 11 is 0. The Morgan fingerprint density at radius 2 is 1.53 bits per heavy atom. The summed E-state index contributed by atoms with van der Waals surface area (Å²) in [5.41, 5.74) is 8.52. The standard InChI is InChI=1S/C37H37N5O3/c38-32-13-8-22-40-35(32)39-21-7-6-14-34-36(43)41-33(24-27-15-18-28-9-4-5-10-29(28)23-27)37(44)42(34)25-26-16-19-31(20-17-26)45-30-11-2-1-3-12-30/h1-5,8-13,15-20,22-23,33-34H,6-7,14,21,24-25,38H2,(H,39,40)(H,41,43). The monoisotopic (exact) mass is 599 g/mol. The van der Waals surface area contributed by atoms with E-state index in [4.69, 9.17) is 10.5 Å². The summed E-state index contributed by atoms with van der Waals surface area (Å²) in [4.78, 5) is 33.6. The number of ether oxygens (including phenoxy) is 1. The van der Waals surface area contributed by atoms with Crippen LogP contribution in [0.2, 0.25) is 0 Å². The van der Waals surface area contributed by atoms with Crippen molar-refractivity contribution in [3.8, 4) is 11.5 Å². The number of carbonyl (C=O) groups excluding carboxylic acids is 2. The summed E-state index contributed by atoms with van der Waals surface area (Å²) in [7, 11) is 0. The Bertz CT molecular complexity index is 1760. The lowest BCUT2D eigenvalue weighted by Gasteiger charge is -2.39. The predicted octanol–water partition coefficient (Wildman–Crippen LogP) is 6.33. The zero-order chi connectivity index (χ0) is 31.0. The lowest BCUT2D eigenvalue weighted by Crippen LogP contribution is -2.63. The van der Waals surface area contributed by atoms with Gasteiger partial charge < -0.3 is 26.0 Å². The van der Waals surface area contributed by atoms with Crippen LogP contribution in [0.15, 0.2) is 115 Å². The molecule has 1 aromatic heterocycles. The number of nitrogens with two attached hydrogens (primary N) is 1. The molecule has 8 nitrogen and oxygen atoms in total. The number of hydrogen-bond acceptors (Lipinski definition) is 6. The third-order valence-electron chi connectivity index (χ3n) is 8.12. The molecule has 1 aliphatic rings. The number of fused-ring (bicyclic) bond motifs is 1. The molecular formula is C37H37N5O3. The molecule has 6 rings (SSSR count). The minimum absolute atomic E-state index is 0.0724. The average Bonchev–Trinajstić information content (AvgIpc) is 3.06. The van der Waals surface area contributed by atoms with E-state index in [0.29, 0.717) is 43.2 Å². The van der Waals surface area contributed by atoms with Crippen LogP contribution in [0.5, 0.6) is 11.5 Å². The topological polar surface area (TPSA) is 110 Å². The highest BCUT2D eigenvalue weighted by molar-refractivity contribution is 5.97. The zero-order valence-electron chi connectivity index (χ0n) is 25.1. The van der Waals surface area contributed by atoms with E-state index in [1.807, 2.05) is 72.8 Å². The number of nitrogen functional groups attached to an aromatic ring is 1. The van der Waals surface area contributed by atoms with Gasteiger partial charge in [0.15, 0.2) is 0 Å². The van der Waals surface area contributed by atoms with Crippen LogP contribution in [0, 0.1) is 0 Å². The molecule has 4 aromatic carbocycles. The summed E-state index contributed by atoms with van der Waals surface area (Å²) in [5.74, 6) is 1.92. The van der Waals surface area contributed by atoms with E-state index in [1.54, 1.807) is 23.2 Å². The number of carbonyl (C=O) groups is 2. The molecule has 2 atom stereocenters. The molecule has 2 amide bonds. The third kappa shape index (κ3) is 7.41. The zero-order valence-corrected chi connectivity index (χ0v) is 25.1. The number of piperazine rings is 1. The maximum Gasteiger partial charge on any atom is 0.246 e. The molecule has 1 aliphatic heterocycles. The van der Waals surface area contributed by atoms with Gasteiger partial charge in [-0.2, -0.15) is 0 Å². The molecule has 0 spiro atoms. The number of pyridine rings is 1. The highest BCUT2D eigenvalue weighted by Gasteiger charge is 2.40. The van der Waals surface area contributed by atoms with Crippen LogP contribution < -0.4 is 21.1 Å². The van der Waals surface area contributed by atoms with Crippen LogP contribution in [0.3, 0.4) is 0 Å². The second-order valence-corrected chi connectivity index (χ2v) is 11.4. The number of hydrogen-bond donors (Lipinski definition) is 3. The van der Waals surface area contributed by atoms with Crippen molar-refractivity contribution >= 4 is 34.1 Å². The summed E-state index contributed by atoms with van der Waals surface area (Å²) in [6.45, 7) is 0.996. The fourth-order valence-electron chi connectivity index (χ4n) is 5.76. The Kier molecular flexibility index (Phi) is 9.20. The van der Waals surface area contributed by atoms with Crippen LogP contribution in [-0.4, -0.2) is 40.3 Å². The molecule has 5 aromatic rings. The quantitative estimate of drug-likeness (QED) is 0.145. The Labute approximate surface area is 263 Å². The molecule has 2 heterocycles. The molecule has 0 bridgehead atoms. The van der Waals surface area contributed by atoms with Crippen molar-refractivity contribution in [2.75, 3.05) is 17.6 Å². The van der Waals surface area contributed by atoms with Crippen molar-refractivity contribution in [3.05, 3.63) is 127 Å². The van der Waals surface area contributed by atoms with Gasteiger partial charge in [0.05, 0.1) is 5.69 Å². The lowest BCUT2D eigenvalue weighted by molar-refractivity contribution is -0.150. The van der Waals surface area contributed by atoms with Crippen LogP contribution >= 0.6 is 0 Å². The van der Waals surface area contributed by atoms with Crippen molar-refractivity contribution in [3.63, 3.8) is 0 Å². The van der Waals surface area contributed by atoms with E-state index in [-0.39, 0.29) is 11.8 Å². The highest BCUT2D eigenvalue weighted by atomic mass is 16.5. The Morgan fingerprint density at radius 3 is 2.33 bits per heavy atom. The highest BCUT2D eigenvalue weighted by Crippen LogP contribution is 2.25. The average molecular weight is 600 g/mol. The number of rotatable bonds is 12. The van der Waals surface area contributed by atoms with Gasteiger partial charge in [-0.25, -0.2) is 4.98 Å². The van der Waals surface area contributed by atoms with Crippen molar-refractivity contribution in [1.82, 2.24) is 15.2 Å². The molecule has 4 N–H and O–H groups in total. The molecule has 45 heavy (non-hydrogen) atoms. The van der Waals surface area contributed by atoms with Crippen molar-refractivity contribution in [2.24, 2.45) is 0 Å². The molecular weight excluding hydrogens is 562 g/mol. The maximum atomic E-state index is 14.0. The molecule has 0 saturated carbocycles. The molecule has 8 heteroatoms. The van der Waals surface area contributed by atoms with Gasteiger partial charge in [-0.1, -0.05) is 72.8 Å².